The van der Waals surface area contributed by atoms with Gasteiger partial charge in [-0.05, 0) is 37.5 Å². The Hall–Kier alpha value is -3.34. The maximum Gasteiger partial charge on any atom is 0.407 e. The molecular weight excluding hydrogens is 376 g/mol. The molecule has 30 heavy (non-hydrogen) atoms. The smallest absolute Gasteiger partial charge is 0.407 e. The largest absolute Gasteiger partial charge is 0.444 e. The number of carbonyl (C=O) groups is 1. The Labute approximate surface area is 177 Å². The van der Waals surface area contributed by atoms with E-state index in [0.717, 1.165) is 16.7 Å². The van der Waals surface area contributed by atoms with Crippen LogP contribution in [0.3, 0.4) is 0 Å². The van der Waals surface area contributed by atoms with Crippen LogP contribution in [0, 0.1) is 0 Å². The maximum absolute atomic E-state index is 12.4. The molecule has 5 heteroatoms. The monoisotopic (exact) mass is 404 g/mol. The maximum atomic E-state index is 12.4. The minimum atomic E-state index is -0.556. The molecule has 1 amide bonds. The summed E-state index contributed by atoms with van der Waals surface area (Å²) in [5.41, 5.74) is 2.66. The molecule has 0 spiro atoms. The standard InChI is InChI=1S/C25H28N2O3/c1-25(2,3)30-24(29)26-16-17-27-18-21(14-15-22(27)28)23(19-10-6-4-7-11-19)20-12-8-5-9-13-20/h4-15,18,23H,16-17H2,1-3H3,(H,26,29). The van der Waals surface area contributed by atoms with Gasteiger partial charge in [-0.15, -0.1) is 0 Å². The van der Waals surface area contributed by atoms with Gasteiger partial charge in [-0.3, -0.25) is 4.79 Å². The topological polar surface area (TPSA) is 60.3 Å². The molecule has 3 rings (SSSR count). The van der Waals surface area contributed by atoms with Crippen LogP contribution in [0.4, 0.5) is 4.79 Å². The SMILES string of the molecule is CC(C)(C)OC(=O)NCCn1cc(C(c2ccccc2)c2ccccc2)ccc1=O. The van der Waals surface area contributed by atoms with Gasteiger partial charge in [0.15, 0.2) is 0 Å². The summed E-state index contributed by atoms with van der Waals surface area (Å²) in [4.78, 5) is 24.2. The van der Waals surface area contributed by atoms with Gasteiger partial charge in [0.25, 0.3) is 5.56 Å². The predicted molar refractivity (Wildman–Crippen MR) is 119 cm³/mol. The molecule has 0 saturated heterocycles. The van der Waals surface area contributed by atoms with Crippen LogP contribution in [0.25, 0.3) is 0 Å². The van der Waals surface area contributed by atoms with Gasteiger partial charge >= 0.3 is 6.09 Å². The molecule has 0 atom stereocenters. The Balaban J connectivity index is 1.83. The Morgan fingerprint density at radius 3 is 2.00 bits per heavy atom. The van der Waals surface area contributed by atoms with Crippen molar-refractivity contribution in [2.45, 2.75) is 38.8 Å². The van der Waals surface area contributed by atoms with Crippen LogP contribution in [0.15, 0.2) is 83.8 Å². The quantitative estimate of drug-likeness (QED) is 0.655. The number of pyridine rings is 1. The summed E-state index contributed by atoms with van der Waals surface area (Å²) >= 11 is 0. The molecule has 0 unspecified atom stereocenters. The minimum absolute atomic E-state index is 0.0121. The molecule has 0 aliphatic carbocycles. The zero-order valence-corrected chi connectivity index (χ0v) is 17.7. The summed E-state index contributed by atoms with van der Waals surface area (Å²) in [6.45, 7) is 6.11. The van der Waals surface area contributed by atoms with Crippen LogP contribution in [0.2, 0.25) is 0 Å². The van der Waals surface area contributed by atoms with Crippen molar-refractivity contribution in [2.24, 2.45) is 0 Å². The average Bonchev–Trinajstić information content (AvgIpc) is 2.71. The molecule has 156 valence electrons. The zero-order chi connectivity index (χ0) is 21.6. The molecule has 3 aromatic rings. The number of ether oxygens (including phenoxy) is 1. The highest BCUT2D eigenvalue weighted by atomic mass is 16.6. The minimum Gasteiger partial charge on any atom is -0.444 e. The first-order chi connectivity index (χ1) is 14.3. The van der Waals surface area contributed by atoms with E-state index in [1.807, 2.05) is 69.4 Å². The van der Waals surface area contributed by atoms with Crippen LogP contribution >= 0.6 is 0 Å². The fraction of sp³-hybridized carbons (Fsp3) is 0.280. The lowest BCUT2D eigenvalue weighted by atomic mass is 9.86. The van der Waals surface area contributed by atoms with E-state index >= 15 is 0 Å². The number of aromatic nitrogens is 1. The van der Waals surface area contributed by atoms with Crippen molar-refractivity contribution in [1.82, 2.24) is 9.88 Å². The predicted octanol–water partition coefficient (Wildman–Crippen LogP) is 4.55. The van der Waals surface area contributed by atoms with E-state index in [0.29, 0.717) is 13.1 Å². The molecule has 0 saturated carbocycles. The number of amides is 1. The summed E-state index contributed by atoms with van der Waals surface area (Å²) < 4.78 is 6.88. The van der Waals surface area contributed by atoms with Crippen molar-refractivity contribution in [3.63, 3.8) is 0 Å². The molecule has 0 aliphatic rings. The third kappa shape index (κ3) is 5.83. The molecular formula is C25H28N2O3. The van der Waals surface area contributed by atoms with E-state index < -0.39 is 11.7 Å². The van der Waals surface area contributed by atoms with Crippen molar-refractivity contribution in [1.29, 1.82) is 0 Å². The van der Waals surface area contributed by atoms with E-state index in [-0.39, 0.29) is 11.5 Å². The van der Waals surface area contributed by atoms with Crippen molar-refractivity contribution in [3.05, 3.63) is 106 Å². The Bertz CT molecular complexity index is 982. The average molecular weight is 405 g/mol. The number of carbonyl (C=O) groups excluding carboxylic acids is 1. The highest BCUT2D eigenvalue weighted by molar-refractivity contribution is 5.67. The fourth-order valence-corrected chi connectivity index (χ4v) is 3.36. The Kier molecular flexibility index (Phi) is 6.72. The lowest BCUT2D eigenvalue weighted by molar-refractivity contribution is 0.0526. The van der Waals surface area contributed by atoms with Gasteiger partial charge < -0.3 is 14.6 Å². The number of hydrogen-bond donors (Lipinski definition) is 1. The Morgan fingerprint density at radius 2 is 1.47 bits per heavy atom. The van der Waals surface area contributed by atoms with Gasteiger partial charge in [-0.2, -0.15) is 0 Å². The van der Waals surface area contributed by atoms with E-state index in [9.17, 15) is 9.59 Å². The van der Waals surface area contributed by atoms with Gasteiger partial charge in [0, 0.05) is 31.3 Å². The molecule has 1 heterocycles. The van der Waals surface area contributed by atoms with Gasteiger partial charge in [0.05, 0.1) is 0 Å². The summed E-state index contributed by atoms with van der Waals surface area (Å²) in [6, 6.07) is 23.9. The van der Waals surface area contributed by atoms with Gasteiger partial charge in [0.2, 0.25) is 0 Å². The molecule has 0 fully saturated rings. The summed E-state index contributed by atoms with van der Waals surface area (Å²) in [5.74, 6) is 0.0121. The molecule has 2 aromatic carbocycles. The molecule has 5 nitrogen and oxygen atoms in total. The van der Waals surface area contributed by atoms with Crippen LogP contribution in [-0.4, -0.2) is 22.8 Å². The summed E-state index contributed by atoms with van der Waals surface area (Å²) in [5, 5.41) is 2.71. The number of hydrogen-bond acceptors (Lipinski definition) is 3. The lowest BCUT2D eigenvalue weighted by Crippen LogP contribution is -2.35. The van der Waals surface area contributed by atoms with E-state index in [4.69, 9.17) is 4.74 Å². The molecule has 0 bridgehead atoms. The second-order valence-electron chi connectivity index (χ2n) is 8.18. The van der Waals surface area contributed by atoms with Crippen LogP contribution in [0.1, 0.15) is 43.4 Å². The number of rotatable bonds is 6. The number of alkyl carbamates (subject to hydrolysis) is 1. The first-order valence-electron chi connectivity index (χ1n) is 10.1. The van der Waals surface area contributed by atoms with Crippen molar-refractivity contribution < 1.29 is 9.53 Å². The number of nitrogens with one attached hydrogen (secondary N) is 1. The second-order valence-corrected chi connectivity index (χ2v) is 8.18. The summed E-state index contributed by atoms with van der Waals surface area (Å²) in [6.07, 6.45) is 1.39. The van der Waals surface area contributed by atoms with E-state index in [2.05, 4.69) is 29.6 Å². The van der Waals surface area contributed by atoms with Crippen LogP contribution in [0.5, 0.6) is 0 Å². The van der Waals surface area contributed by atoms with Gasteiger partial charge in [0.1, 0.15) is 5.60 Å². The number of benzene rings is 2. The molecule has 1 aromatic heterocycles. The van der Waals surface area contributed by atoms with Crippen molar-refractivity contribution in [3.8, 4) is 0 Å². The van der Waals surface area contributed by atoms with Crippen molar-refractivity contribution in [2.75, 3.05) is 6.54 Å². The Morgan fingerprint density at radius 1 is 0.900 bits per heavy atom. The molecule has 0 aliphatic heterocycles. The molecule has 0 radical (unpaired) electrons. The van der Waals surface area contributed by atoms with E-state index in [1.165, 1.54) is 0 Å². The van der Waals surface area contributed by atoms with Crippen molar-refractivity contribution >= 4 is 6.09 Å². The third-order valence-corrected chi connectivity index (χ3v) is 4.63. The van der Waals surface area contributed by atoms with Crippen LogP contribution < -0.4 is 10.9 Å². The molecule has 1 N–H and O–H groups in total. The lowest BCUT2D eigenvalue weighted by Gasteiger charge is -2.21. The number of nitrogens with zero attached hydrogens (tertiary/aromatic N) is 1. The van der Waals surface area contributed by atoms with Crippen LogP contribution in [-0.2, 0) is 11.3 Å². The highest BCUT2D eigenvalue weighted by Gasteiger charge is 2.18. The zero-order valence-electron chi connectivity index (χ0n) is 17.7. The van der Waals surface area contributed by atoms with Gasteiger partial charge in [-0.25, -0.2) is 4.79 Å². The normalized spacial score (nSPS) is 11.3. The fourth-order valence-electron chi connectivity index (χ4n) is 3.36. The first kappa shape index (κ1) is 21.4. The third-order valence-electron chi connectivity index (χ3n) is 4.63. The van der Waals surface area contributed by atoms with E-state index in [1.54, 1.807) is 10.6 Å². The van der Waals surface area contributed by atoms with Gasteiger partial charge in [-0.1, -0.05) is 66.7 Å². The second kappa shape index (κ2) is 9.44. The highest BCUT2D eigenvalue weighted by Crippen LogP contribution is 2.31. The first-order valence-corrected chi connectivity index (χ1v) is 10.1. The summed E-state index contributed by atoms with van der Waals surface area (Å²) in [7, 11) is 0.